The van der Waals surface area contributed by atoms with Crippen molar-refractivity contribution in [1.82, 2.24) is 0 Å². The summed E-state index contributed by atoms with van der Waals surface area (Å²) in [6.07, 6.45) is 0. The van der Waals surface area contributed by atoms with E-state index in [9.17, 15) is 26.4 Å². The summed E-state index contributed by atoms with van der Waals surface area (Å²) >= 11 is 0. The Hall–Kier alpha value is -2.06. The van der Waals surface area contributed by atoms with Gasteiger partial charge in [0.05, 0.1) is 0 Å². The van der Waals surface area contributed by atoms with Crippen LogP contribution in [0.5, 0.6) is 0 Å². The number of benzene rings is 2. The van der Waals surface area contributed by atoms with E-state index in [1.165, 1.54) is 6.92 Å². The van der Waals surface area contributed by atoms with Gasteiger partial charge in [0.25, 0.3) is 15.0 Å². The van der Waals surface area contributed by atoms with E-state index in [0.29, 0.717) is 0 Å². The fourth-order valence-electron chi connectivity index (χ4n) is 1.75. The summed E-state index contributed by atoms with van der Waals surface area (Å²) in [5, 5.41) is 2.19. The second kappa shape index (κ2) is 6.21. The summed E-state index contributed by atoms with van der Waals surface area (Å²) < 4.78 is 62.7. The van der Waals surface area contributed by atoms with Crippen LogP contribution in [0, 0.1) is 24.4 Å². The number of halogens is 4. The zero-order valence-corrected chi connectivity index (χ0v) is 13.1. The van der Waals surface area contributed by atoms with Crippen molar-refractivity contribution in [2.45, 2.75) is 11.8 Å². The van der Waals surface area contributed by atoms with Crippen molar-refractivity contribution in [1.29, 1.82) is 0 Å². The van der Waals surface area contributed by atoms with E-state index in [-0.39, 0.29) is 16.8 Å². The van der Waals surface area contributed by atoms with Crippen molar-refractivity contribution < 1.29 is 26.4 Å². The zero-order valence-electron chi connectivity index (χ0n) is 11.5. The standard InChI is InChI=1S/C14H9ClF3NO3S/c1-7-11(17)5-9(6-12(7)18)19-14(20)8-2-3-10(16)13(4-8)23(15,21)22/h2-6H,1H3,(H,19,20). The highest BCUT2D eigenvalue weighted by atomic mass is 35.7. The molecule has 0 saturated carbocycles. The van der Waals surface area contributed by atoms with Crippen molar-refractivity contribution >= 4 is 31.3 Å². The van der Waals surface area contributed by atoms with Gasteiger partial charge < -0.3 is 5.32 Å². The fourth-order valence-corrected chi connectivity index (χ4v) is 2.68. The largest absolute Gasteiger partial charge is 0.322 e. The maximum Gasteiger partial charge on any atom is 0.264 e. The lowest BCUT2D eigenvalue weighted by atomic mass is 10.1. The highest BCUT2D eigenvalue weighted by Gasteiger charge is 2.19. The lowest BCUT2D eigenvalue weighted by molar-refractivity contribution is 0.102. The molecule has 0 atom stereocenters. The van der Waals surface area contributed by atoms with Crippen molar-refractivity contribution in [3.8, 4) is 0 Å². The number of anilines is 1. The van der Waals surface area contributed by atoms with Crippen LogP contribution in [0.1, 0.15) is 15.9 Å². The van der Waals surface area contributed by atoms with E-state index in [1.807, 2.05) is 0 Å². The molecule has 0 saturated heterocycles. The molecule has 4 nitrogen and oxygen atoms in total. The van der Waals surface area contributed by atoms with Crippen LogP contribution in [-0.2, 0) is 9.05 Å². The molecule has 0 unspecified atom stereocenters. The number of amides is 1. The summed E-state index contributed by atoms with van der Waals surface area (Å²) in [5.74, 6) is -3.72. The first-order valence-electron chi connectivity index (χ1n) is 6.11. The van der Waals surface area contributed by atoms with Gasteiger partial charge in [0.15, 0.2) is 0 Å². The molecule has 1 N–H and O–H groups in total. The first-order valence-corrected chi connectivity index (χ1v) is 8.41. The molecule has 0 bridgehead atoms. The van der Waals surface area contributed by atoms with Gasteiger partial charge in [-0.05, 0) is 37.3 Å². The van der Waals surface area contributed by atoms with Gasteiger partial charge in [-0.1, -0.05) is 0 Å². The van der Waals surface area contributed by atoms with Crippen LogP contribution >= 0.6 is 10.7 Å². The molecule has 0 spiro atoms. The minimum Gasteiger partial charge on any atom is -0.322 e. The third kappa shape index (κ3) is 3.83. The quantitative estimate of drug-likeness (QED) is 0.848. The molecule has 2 rings (SSSR count). The number of carbonyl (C=O) groups excluding carboxylic acids is 1. The third-order valence-electron chi connectivity index (χ3n) is 2.99. The molecule has 0 aliphatic rings. The van der Waals surface area contributed by atoms with Gasteiger partial charge in [-0.15, -0.1) is 0 Å². The molecular weight excluding hydrogens is 355 g/mol. The molecule has 0 fully saturated rings. The van der Waals surface area contributed by atoms with Gasteiger partial charge in [-0.2, -0.15) is 0 Å². The Morgan fingerprint density at radius 2 is 1.61 bits per heavy atom. The molecule has 0 aromatic heterocycles. The van der Waals surface area contributed by atoms with Crippen LogP contribution in [0.25, 0.3) is 0 Å². The van der Waals surface area contributed by atoms with Gasteiger partial charge in [0.1, 0.15) is 22.3 Å². The van der Waals surface area contributed by atoms with E-state index < -0.39 is 37.3 Å². The average Bonchev–Trinajstić information content (AvgIpc) is 2.43. The minimum absolute atomic E-state index is 0.171. The second-order valence-electron chi connectivity index (χ2n) is 4.60. The van der Waals surface area contributed by atoms with E-state index in [2.05, 4.69) is 5.32 Å². The first kappa shape index (κ1) is 17.3. The van der Waals surface area contributed by atoms with E-state index >= 15 is 0 Å². The van der Waals surface area contributed by atoms with Crippen LogP contribution in [0.2, 0.25) is 0 Å². The van der Waals surface area contributed by atoms with Crippen LogP contribution < -0.4 is 5.32 Å². The Balaban J connectivity index is 2.35. The van der Waals surface area contributed by atoms with E-state index in [1.54, 1.807) is 0 Å². The summed E-state index contributed by atoms with van der Waals surface area (Å²) in [6.45, 7) is 1.23. The summed E-state index contributed by atoms with van der Waals surface area (Å²) in [7, 11) is 0.677. The Kier molecular flexibility index (Phi) is 4.67. The average molecular weight is 364 g/mol. The molecule has 2 aromatic carbocycles. The highest BCUT2D eigenvalue weighted by Crippen LogP contribution is 2.22. The van der Waals surface area contributed by atoms with Crippen molar-refractivity contribution in [3.63, 3.8) is 0 Å². The first-order chi connectivity index (χ1) is 10.6. The normalized spacial score (nSPS) is 11.3. The molecule has 0 heterocycles. The predicted octanol–water partition coefficient (Wildman–Crippen LogP) is 3.59. The van der Waals surface area contributed by atoms with Gasteiger partial charge in [0, 0.05) is 27.5 Å². The molecule has 0 aliphatic carbocycles. The van der Waals surface area contributed by atoms with E-state index in [4.69, 9.17) is 10.7 Å². The molecule has 23 heavy (non-hydrogen) atoms. The summed E-state index contributed by atoms with van der Waals surface area (Å²) in [6, 6.07) is 4.30. The number of rotatable bonds is 3. The van der Waals surface area contributed by atoms with Crippen LogP contribution in [-0.4, -0.2) is 14.3 Å². The van der Waals surface area contributed by atoms with Crippen LogP contribution in [0.4, 0.5) is 18.9 Å². The molecule has 9 heteroatoms. The maximum absolute atomic E-state index is 13.4. The number of nitrogens with one attached hydrogen (secondary N) is 1. The zero-order chi connectivity index (χ0) is 17.4. The Labute approximate surface area is 134 Å². The number of hydrogen-bond donors (Lipinski definition) is 1. The monoisotopic (exact) mass is 363 g/mol. The van der Waals surface area contributed by atoms with Gasteiger partial charge in [-0.25, -0.2) is 21.6 Å². The predicted molar refractivity (Wildman–Crippen MR) is 78.5 cm³/mol. The molecule has 2 aromatic rings. The number of hydrogen-bond acceptors (Lipinski definition) is 3. The lowest BCUT2D eigenvalue weighted by Gasteiger charge is -2.08. The second-order valence-corrected chi connectivity index (χ2v) is 7.14. The fraction of sp³-hybridized carbons (Fsp3) is 0.0714. The highest BCUT2D eigenvalue weighted by molar-refractivity contribution is 8.13. The van der Waals surface area contributed by atoms with E-state index in [0.717, 1.165) is 30.3 Å². The Bertz CT molecular complexity index is 877. The topological polar surface area (TPSA) is 63.2 Å². The van der Waals surface area contributed by atoms with Gasteiger partial charge in [0.2, 0.25) is 0 Å². The number of carbonyl (C=O) groups is 1. The summed E-state index contributed by atoms with van der Waals surface area (Å²) in [5.41, 5.74) is -0.623. The maximum atomic E-state index is 13.4. The molecular formula is C14H9ClF3NO3S. The van der Waals surface area contributed by atoms with Crippen LogP contribution in [0.15, 0.2) is 35.2 Å². The Morgan fingerprint density at radius 3 is 2.13 bits per heavy atom. The third-order valence-corrected chi connectivity index (χ3v) is 4.33. The lowest BCUT2D eigenvalue weighted by Crippen LogP contribution is -2.13. The van der Waals surface area contributed by atoms with Crippen molar-refractivity contribution in [2.75, 3.05) is 5.32 Å². The SMILES string of the molecule is Cc1c(F)cc(NC(=O)c2ccc(F)c(S(=O)(=O)Cl)c2)cc1F. The van der Waals surface area contributed by atoms with Gasteiger partial charge >= 0.3 is 0 Å². The van der Waals surface area contributed by atoms with Gasteiger partial charge in [-0.3, -0.25) is 4.79 Å². The molecule has 122 valence electrons. The van der Waals surface area contributed by atoms with Crippen LogP contribution in [0.3, 0.4) is 0 Å². The molecule has 0 radical (unpaired) electrons. The Morgan fingerprint density at radius 1 is 1.04 bits per heavy atom. The summed E-state index contributed by atoms with van der Waals surface area (Å²) in [4.78, 5) is 11.1. The van der Waals surface area contributed by atoms with Crippen molar-refractivity contribution in [3.05, 3.63) is 58.9 Å². The molecule has 0 aliphatic heterocycles. The minimum atomic E-state index is -4.38. The smallest absolute Gasteiger partial charge is 0.264 e. The molecule has 1 amide bonds. The van der Waals surface area contributed by atoms with Crippen molar-refractivity contribution in [2.24, 2.45) is 0 Å².